The van der Waals surface area contributed by atoms with Crippen LogP contribution in [0.25, 0.3) is 0 Å². The summed E-state index contributed by atoms with van der Waals surface area (Å²) in [6, 6.07) is 6.95. The van der Waals surface area contributed by atoms with Gasteiger partial charge in [0, 0.05) is 22.4 Å². The summed E-state index contributed by atoms with van der Waals surface area (Å²) >= 11 is 3.38. The molecule has 1 aromatic carbocycles. The number of halogens is 2. The molecule has 0 saturated carbocycles. The molecule has 0 amide bonds. The van der Waals surface area contributed by atoms with E-state index in [1.54, 1.807) is 12.1 Å². The van der Waals surface area contributed by atoms with Crippen LogP contribution in [-0.4, -0.2) is 12.3 Å². The minimum atomic E-state index is -0.449. The van der Waals surface area contributed by atoms with Gasteiger partial charge in [-0.25, -0.2) is 9.82 Å². The van der Waals surface area contributed by atoms with Crippen LogP contribution < -0.4 is 16.6 Å². The number of benzene rings is 1. The van der Waals surface area contributed by atoms with Crippen molar-refractivity contribution in [2.75, 3.05) is 0 Å². The van der Waals surface area contributed by atoms with E-state index in [-0.39, 0.29) is 35.5 Å². The maximum atomic E-state index is 14.5. The number of ether oxygens (including phenoxy) is 1. The van der Waals surface area contributed by atoms with Gasteiger partial charge < -0.3 is 10.5 Å². The van der Waals surface area contributed by atoms with Crippen LogP contribution in [0.5, 0.6) is 0 Å². The average Bonchev–Trinajstić information content (AvgIpc) is 2.91. The van der Waals surface area contributed by atoms with Crippen molar-refractivity contribution in [3.63, 3.8) is 0 Å². The first kappa shape index (κ1) is 16.2. The van der Waals surface area contributed by atoms with Gasteiger partial charge in [-0.05, 0) is 30.2 Å². The molecule has 0 bridgehead atoms. The summed E-state index contributed by atoms with van der Waals surface area (Å²) in [6.45, 7) is 2.09. The molecule has 1 fully saturated rings. The molecule has 0 spiro atoms. The van der Waals surface area contributed by atoms with Gasteiger partial charge in [0.05, 0.1) is 5.57 Å². The van der Waals surface area contributed by atoms with Crippen molar-refractivity contribution in [2.45, 2.75) is 38.0 Å². The normalized spacial score (nSPS) is 29.8. The van der Waals surface area contributed by atoms with Crippen LogP contribution in [0.3, 0.4) is 0 Å². The Morgan fingerprint density at radius 2 is 2.22 bits per heavy atom. The molecule has 0 aliphatic carbocycles. The number of nitriles is 1. The lowest BCUT2D eigenvalue weighted by molar-refractivity contribution is 0.0332. The van der Waals surface area contributed by atoms with Crippen molar-refractivity contribution in [2.24, 2.45) is 11.7 Å². The summed E-state index contributed by atoms with van der Waals surface area (Å²) in [4.78, 5) is 0. The number of hydrazine groups is 1. The average molecular weight is 381 g/mol. The standard InChI is InChI=1S/C16H18BrFN4O/c1-2-3-12-14-13(9-6-8(17)4-5-11(9)18)10(7-19)15(20)23-16(14)22-21-12/h4-6,12-14,16,21-22H,2-3,20H2,1H3. The predicted octanol–water partition coefficient (Wildman–Crippen LogP) is 2.61. The van der Waals surface area contributed by atoms with Crippen molar-refractivity contribution in [3.05, 3.63) is 45.5 Å². The molecule has 4 N–H and O–H groups in total. The Morgan fingerprint density at radius 3 is 2.91 bits per heavy atom. The maximum absolute atomic E-state index is 14.5. The number of nitrogens with one attached hydrogen (secondary N) is 2. The van der Waals surface area contributed by atoms with E-state index < -0.39 is 5.92 Å². The topological polar surface area (TPSA) is 83.1 Å². The third kappa shape index (κ3) is 2.82. The largest absolute Gasteiger partial charge is 0.458 e. The monoisotopic (exact) mass is 380 g/mol. The van der Waals surface area contributed by atoms with Gasteiger partial charge in [-0.1, -0.05) is 29.3 Å². The molecule has 23 heavy (non-hydrogen) atoms. The molecule has 4 unspecified atom stereocenters. The van der Waals surface area contributed by atoms with E-state index in [4.69, 9.17) is 10.5 Å². The highest BCUT2D eigenvalue weighted by atomic mass is 79.9. The first-order chi connectivity index (χ1) is 11.1. The molecule has 1 saturated heterocycles. The molecule has 2 aliphatic heterocycles. The Morgan fingerprint density at radius 1 is 1.43 bits per heavy atom. The number of nitrogens with zero attached hydrogens (tertiary/aromatic N) is 1. The van der Waals surface area contributed by atoms with Crippen LogP contribution in [0, 0.1) is 23.1 Å². The molecule has 3 rings (SSSR count). The molecule has 122 valence electrons. The summed E-state index contributed by atoms with van der Waals surface area (Å²) in [6.07, 6.45) is 1.48. The summed E-state index contributed by atoms with van der Waals surface area (Å²) in [7, 11) is 0. The Bertz CT molecular complexity index is 687. The van der Waals surface area contributed by atoms with Crippen LogP contribution in [-0.2, 0) is 4.74 Å². The van der Waals surface area contributed by atoms with Crippen molar-refractivity contribution in [1.29, 1.82) is 5.26 Å². The molecule has 5 nitrogen and oxygen atoms in total. The highest BCUT2D eigenvalue weighted by molar-refractivity contribution is 9.10. The van der Waals surface area contributed by atoms with E-state index in [0.29, 0.717) is 5.56 Å². The zero-order chi connectivity index (χ0) is 16.6. The first-order valence-corrected chi connectivity index (χ1v) is 8.38. The third-order valence-corrected chi connectivity index (χ3v) is 4.95. The van der Waals surface area contributed by atoms with Gasteiger partial charge >= 0.3 is 0 Å². The number of nitrogens with two attached hydrogens (primary N) is 1. The zero-order valence-corrected chi connectivity index (χ0v) is 14.2. The Hall–Kier alpha value is -1.62. The molecular weight excluding hydrogens is 363 g/mol. The first-order valence-electron chi connectivity index (χ1n) is 7.59. The molecular formula is C16H18BrFN4O. The number of fused-ring (bicyclic) bond motifs is 1. The lowest BCUT2D eigenvalue weighted by Crippen LogP contribution is -2.41. The van der Waals surface area contributed by atoms with Crippen LogP contribution in [0.4, 0.5) is 4.39 Å². The zero-order valence-electron chi connectivity index (χ0n) is 12.6. The fourth-order valence-corrected chi connectivity index (χ4v) is 3.85. The smallest absolute Gasteiger partial charge is 0.200 e. The molecule has 2 heterocycles. The molecule has 1 aromatic rings. The SMILES string of the molecule is CCCC1NNC2OC(N)=C(C#N)C(c3cc(Br)ccc3F)C12. The van der Waals surface area contributed by atoms with E-state index >= 15 is 0 Å². The minimum Gasteiger partial charge on any atom is -0.458 e. The fraction of sp³-hybridized carbons (Fsp3) is 0.438. The highest BCUT2D eigenvalue weighted by Gasteiger charge is 2.48. The number of hydrogen-bond donors (Lipinski definition) is 3. The summed E-state index contributed by atoms with van der Waals surface area (Å²) in [5.41, 5.74) is 12.9. The number of rotatable bonds is 3. The quantitative estimate of drug-likeness (QED) is 0.750. The van der Waals surface area contributed by atoms with E-state index in [2.05, 4.69) is 39.8 Å². The second-order valence-corrected chi connectivity index (χ2v) is 6.75. The predicted molar refractivity (Wildman–Crippen MR) is 87.0 cm³/mol. The van der Waals surface area contributed by atoms with Crippen molar-refractivity contribution in [3.8, 4) is 6.07 Å². The van der Waals surface area contributed by atoms with Crippen molar-refractivity contribution >= 4 is 15.9 Å². The lowest BCUT2D eigenvalue weighted by Gasteiger charge is -2.36. The Labute approximate surface area is 142 Å². The maximum Gasteiger partial charge on any atom is 0.200 e. The highest BCUT2D eigenvalue weighted by Crippen LogP contribution is 2.44. The molecule has 2 aliphatic rings. The van der Waals surface area contributed by atoms with Gasteiger partial charge in [0.1, 0.15) is 11.9 Å². The van der Waals surface area contributed by atoms with Gasteiger partial charge in [-0.3, -0.25) is 5.43 Å². The van der Waals surface area contributed by atoms with Gasteiger partial charge in [0.25, 0.3) is 0 Å². The molecule has 0 radical (unpaired) electrons. The van der Waals surface area contributed by atoms with Crippen molar-refractivity contribution in [1.82, 2.24) is 10.9 Å². The third-order valence-electron chi connectivity index (χ3n) is 4.45. The fourth-order valence-electron chi connectivity index (χ4n) is 3.47. The van der Waals surface area contributed by atoms with Crippen LogP contribution in [0.2, 0.25) is 0 Å². The molecule has 4 atom stereocenters. The Balaban J connectivity index is 2.12. The van der Waals surface area contributed by atoms with E-state index in [9.17, 15) is 9.65 Å². The van der Waals surface area contributed by atoms with Crippen LogP contribution >= 0.6 is 15.9 Å². The van der Waals surface area contributed by atoms with Crippen molar-refractivity contribution < 1.29 is 9.13 Å². The minimum absolute atomic E-state index is 0.0598. The van der Waals surface area contributed by atoms with Crippen LogP contribution in [0.15, 0.2) is 34.1 Å². The summed E-state index contributed by atoms with van der Waals surface area (Å²) < 4.78 is 20.9. The summed E-state index contributed by atoms with van der Waals surface area (Å²) in [5, 5.41) is 9.55. The summed E-state index contributed by atoms with van der Waals surface area (Å²) in [5.74, 6) is -0.845. The lowest BCUT2D eigenvalue weighted by atomic mass is 9.74. The van der Waals surface area contributed by atoms with E-state index in [0.717, 1.165) is 17.3 Å². The molecule has 7 heteroatoms. The number of allylic oxidation sites excluding steroid dienone is 1. The van der Waals surface area contributed by atoms with E-state index in [1.807, 2.05) is 0 Å². The number of hydrogen-bond acceptors (Lipinski definition) is 5. The van der Waals surface area contributed by atoms with Gasteiger partial charge in [-0.2, -0.15) is 5.26 Å². The molecule has 0 aromatic heterocycles. The van der Waals surface area contributed by atoms with Gasteiger partial charge in [0.2, 0.25) is 5.88 Å². The van der Waals surface area contributed by atoms with Gasteiger partial charge in [0.15, 0.2) is 6.23 Å². The second-order valence-electron chi connectivity index (χ2n) is 5.83. The Kier molecular flexibility index (Phi) is 4.57. The van der Waals surface area contributed by atoms with E-state index in [1.165, 1.54) is 6.07 Å². The van der Waals surface area contributed by atoms with Crippen LogP contribution in [0.1, 0.15) is 31.2 Å². The second kappa shape index (κ2) is 6.48. The van der Waals surface area contributed by atoms with Gasteiger partial charge in [-0.15, -0.1) is 0 Å².